The third kappa shape index (κ3) is 8.16. The number of morpholine rings is 1. The first-order valence-corrected chi connectivity index (χ1v) is 25.2. The van der Waals surface area contributed by atoms with Gasteiger partial charge in [-0.25, -0.2) is 18.7 Å². The second-order valence-corrected chi connectivity index (χ2v) is 20.2. The number of fused-ring (bicyclic) bond motifs is 6. The Hall–Kier alpha value is -6.52. The van der Waals surface area contributed by atoms with Gasteiger partial charge < -0.3 is 28.9 Å². The second-order valence-electron chi connectivity index (χ2n) is 19.3. The van der Waals surface area contributed by atoms with Crippen LogP contribution >= 0.6 is 15.9 Å². The second kappa shape index (κ2) is 18.6. The molecule has 6 aromatic heterocycles. The topological polar surface area (TPSA) is 115 Å². The zero-order chi connectivity index (χ0) is 48.3. The van der Waals surface area contributed by atoms with E-state index in [9.17, 15) is 8.78 Å². The number of rotatable bonds is 5. The number of anilines is 5. The summed E-state index contributed by atoms with van der Waals surface area (Å²) in [6, 6.07) is 25.8. The van der Waals surface area contributed by atoms with E-state index in [1.165, 1.54) is 24.3 Å². The van der Waals surface area contributed by atoms with Gasteiger partial charge in [-0.1, -0.05) is 12.1 Å². The van der Waals surface area contributed by atoms with E-state index in [-0.39, 0.29) is 22.5 Å². The van der Waals surface area contributed by atoms with Crippen LogP contribution in [0.4, 0.5) is 37.2 Å². The Morgan fingerprint density at radius 1 is 0.549 bits per heavy atom. The van der Waals surface area contributed by atoms with Crippen LogP contribution in [0.3, 0.4) is 0 Å². The summed E-state index contributed by atoms with van der Waals surface area (Å²) in [7, 11) is 0. The lowest BCUT2D eigenvalue weighted by Crippen LogP contribution is -2.38. The monoisotopic (exact) mass is 1020 g/mol. The summed E-state index contributed by atoms with van der Waals surface area (Å²) < 4.78 is 46.7. The summed E-state index contributed by atoms with van der Waals surface area (Å²) in [5.41, 5.74) is 13.8. The standard InChI is InChI=1S/C30H30FN5O2.C26H22BrFN4O/c1-20-27(24-4-2-3-9-32-24)34-25-16-21(31)5-6-23(25)28(20)36-19-30(7-12-37-13-8-30)29-26(36)17-22(18-33-29)35-10-14-38-15-11-35;1-16-23(20-4-2-3-9-29-20)31-21-13-18(28)5-6-19(21)24(16)32-15-26(7-10-33-11-8-26)25-22(32)12-17(27)14-30-25/h2-6,9,16-18H,7-8,10-15,19H2,1H3;2-6,9,12-14H,7-8,10-11,15H2,1H3. The highest BCUT2D eigenvalue weighted by atomic mass is 79.9. The van der Waals surface area contributed by atoms with Crippen molar-refractivity contribution in [2.24, 2.45) is 0 Å². The predicted molar refractivity (Wildman–Crippen MR) is 276 cm³/mol. The highest BCUT2D eigenvalue weighted by Crippen LogP contribution is 2.53. The van der Waals surface area contributed by atoms with E-state index in [0.29, 0.717) is 11.0 Å². The summed E-state index contributed by atoms with van der Waals surface area (Å²) in [4.78, 5) is 36.0. The minimum Gasteiger partial charge on any atom is -0.381 e. The molecule has 0 bridgehead atoms. The lowest BCUT2D eigenvalue weighted by molar-refractivity contribution is 0.0544. The van der Waals surface area contributed by atoms with Crippen LogP contribution in [0.1, 0.15) is 48.2 Å². The molecular formula is C56H52BrF2N9O3. The molecule has 13 rings (SSSR count). The summed E-state index contributed by atoms with van der Waals surface area (Å²) in [5.74, 6) is -0.602. The molecule has 3 saturated heterocycles. The van der Waals surface area contributed by atoms with Gasteiger partial charge in [0.15, 0.2) is 0 Å². The zero-order valence-corrected chi connectivity index (χ0v) is 41.3. The summed E-state index contributed by atoms with van der Waals surface area (Å²) in [6.07, 6.45) is 11.1. The van der Waals surface area contributed by atoms with Crippen LogP contribution in [0, 0.1) is 25.5 Å². The minimum absolute atomic E-state index is 0.0679. The lowest BCUT2D eigenvalue weighted by atomic mass is 9.78. The van der Waals surface area contributed by atoms with Gasteiger partial charge in [0.25, 0.3) is 0 Å². The van der Waals surface area contributed by atoms with Gasteiger partial charge in [0.1, 0.15) is 11.6 Å². The van der Waals surface area contributed by atoms with Gasteiger partial charge in [0.2, 0.25) is 0 Å². The Morgan fingerprint density at radius 2 is 1.03 bits per heavy atom. The van der Waals surface area contributed by atoms with Gasteiger partial charge in [-0.05, 0) is 116 Å². The van der Waals surface area contributed by atoms with Crippen molar-refractivity contribution in [3.05, 3.63) is 148 Å². The van der Waals surface area contributed by atoms with Crippen molar-refractivity contribution < 1.29 is 23.0 Å². The van der Waals surface area contributed by atoms with E-state index in [4.69, 9.17) is 34.1 Å². The van der Waals surface area contributed by atoms with Gasteiger partial charge >= 0.3 is 0 Å². The fourth-order valence-electron chi connectivity index (χ4n) is 11.6. The van der Waals surface area contributed by atoms with Crippen molar-refractivity contribution in [2.75, 3.05) is 80.5 Å². The molecule has 0 saturated carbocycles. The molecule has 360 valence electrons. The molecule has 11 heterocycles. The fraction of sp³-hybridized carbons (Fsp3) is 0.321. The molecule has 15 heteroatoms. The summed E-state index contributed by atoms with van der Waals surface area (Å²) >= 11 is 3.62. The number of halogens is 3. The highest BCUT2D eigenvalue weighted by Gasteiger charge is 2.48. The molecule has 5 aliphatic rings. The van der Waals surface area contributed by atoms with Crippen LogP contribution in [-0.2, 0) is 25.0 Å². The Bertz CT molecular complexity index is 3310. The van der Waals surface area contributed by atoms with Gasteiger partial charge in [-0.2, -0.15) is 0 Å². The van der Waals surface area contributed by atoms with E-state index >= 15 is 0 Å². The van der Waals surface area contributed by atoms with Crippen LogP contribution in [0.25, 0.3) is 44.6 Å². The van der Waals surface area contributed by atoms with Crippen molar-refractivity contribution >= 4 is 66.2 Å². The van der Waals surface area contributed by atoms with E-state index in [1.807, 2.05) is 60.9 Å². The highest BCUT2D eigenvalue weighted by molar-refractivity contribution is 9.10. The first-order chi connectivity index (χ1) is 34.7. The molecule has 3 fully saturated rings. The molecule has 0 N–H and O–H groups in total. The van der Waals surface area contributed by atoms with Crippen LogP contribution in [0.2, 0.25) is 0 Å². The zero-order valence-electron chi connectivity index (χ0n) is 39.7. The molecular weight excluding hydrogens is 965 g/mol. The number of ether oxygens (including phenoxy) is 3. The Kier molecular flexibility index (Phi) is 11.9. The molecule has 0 unspecified atom stereocenters. The molecule has 8 aromatic rings. The molecule has 0 amide bonds. The Morgan fingerprint density at radius 3 is 1.52 bits per heavy atom. The average Bonchev–Trinajstić information content (AvgIpc) is 3.87. The van der Waals surface area contributed by atoms with Crippen molar-refractivity contribution in [3.8, 4) is 22.8 Å². The minimum atomic E-state index is -0.302. The summed E-state index contributed by atoms with van der Waals surface area (Å²) in [5, 5.41) is 1.85. The van der Waals surface area contributed by atoms with Crippen molar-refractivity contribution in [1.82, 2.24) is 29.9 Å². The van der Waals surface area contributed by atoms with Gasteiger partial charge in [0.05, 0.1) is 93.0 Å². The number of aromatic nitrogens is 6. The maximum atomic E-state index is 14.5. The van der Waals surface area contributed by atoms with E-state index in [2.05, 4.69) is 66.6 Å². The average molecular weight is 1020 g/mol. The van der Waals surface area contributed by atoms with Crippen molar-refractivity contribution in [1.29, 1.82) is 0 Å². The number of hydrogen-bond acceptors (Lipinski definition) is 12. The molecule has 0 atom stereocenters. The van der Waals surface area contributed by atoms with E-state index < -0.39 is 0 Å². The molecule has 2 spiro atoms. The maximum absolute atomic E-state index is 14.5. The van der Waals surface area contributed by atoms with Gasteiger partial charge in [-0.15, -0.1) is 0 Å². The van der Waals surface area contributed by atoms with Gasteiger partial charge in [-0.3, -0.25) is 19.9 Å². The van der Waals surface area contributed by atoms with Crippen molar-refractivity contribution in [3.63, 3.8) is 0 Å². The first-order valence-electron chi connectivity index (χ1n) is 24.4. The van der Waals surface area contributed by atoms with E-state index in [0.717, 1.165) is 180 Å². The molecule has 71 heavy (non-hydrogen) atoms. The number of benzene rings is 2. The van der Waals surface area contributed by atoms with Crippen LogP contribution in [-0.4, -0.2) is 95.7 Å². The molecule has 0 radical (unpaired) electrons. The lowest BCUT2D eigenvalue weighted by Gasteiger charge is -2.34. The van der Waals surface area contributed by atoms with E-state index in [1.54, 1.807) is 12.4 Å². The third-order valence-corrected chi connectivity index (χ3v) is 15.6. The predicted octanol–water partition coefficient (Wildman–Crippen LogP) is 11.3. The number of nitrogens with zero attached hydrogens (tertiary/aromatic N) is 9. The Labute approximate surface area is 419 Å². The molecule has 0 aliphatic carbocycles. The third-order valence-electron chi connectivity index (χ3n) is 15.1. The molecule has 2 aromatic carbocycles. The Balaban J connectivity index is 0.000000147. The summed E-state index contributed by atoms with van der Waals surface area (Å²) in [6.45, 7) is 11.8. The first kappa shape index (κ1) is 45.6. The smallest absolute Gasteiger partial charge is 0.125 e. The van der Waals surface area contributed by atoms with Crippen LogP contribution in [0.15, 0.2) is 114 Å². The molecule has 12 nitrogen and oxygen atoms in total. The van der Waals surface area contributed by atoms with Crippen LogP contribution in [0.5, 0.6) is 0 Å². The number of pyridine rings is 6. The van der Waals surface area contributed by atoms with Crippen molar-refractivity contribution in [2.45, 2.75) is 50.4 Å². The SMILES string of the molecule is Cc1c(-c2ccccn2)nc2cc(F)ccc2c1N1CC2(CCOCC2)c2ncc(Br)cc21.Cc1c(-c2ccccn2)nc2cc(F)ccc2c1N1CC2(CCOCC2)c2ncc(N3CCOCC3)cc21. The fourth-order valence-corrected chi connectivity index (χ4v) is 11.9. The number of hydrogen-bond donors (Lipinski definition) is 0. The normalized spacial score (nSPS) is 18.0. The van der Waals surface area contributed by atoms with Gasteiger partial charge in [0, 0.05) is 121 Å². The maximum Gasteiger partial charge on any atom is 0.125 e. The quantitative estimate of drug-likeness (QED) is 0.163. The van der Waals surface area contributed by atoms with Crippen LogP contribution < -0.4 is 14.7 Å². The largest absolute Gasteiger partial charge is 0.381 e. The molecule has 5 aliphatic heterocycles.